The molecule has 1 N–H and O–H groups in total. The lowest BCUT2D eigenvalue weighted by Crippen LogP contribution is -2.16. The van der Waals surface area contributed by atoms with Crippen LogP contribution in [-0.2, 0) is 6.54 Å². The molecule has 0 saturated heterocycles. The molecular weight excluding hydrogens is 406 g/mol. The molecule has 0 bridgehead atoms. The first-order valence-electron chi connectivity index (χ1n) is 6.03. The van der Waals surface area contributed by atoms with Gasteiger partial charge in [0.15, 0.2) is 0 Å². The van der Waals surface area contributed by atoms with Gasteiger partial charge in [-0.1, -0.05) is 0 Å². The van der Waals surface area contributed by atoms with Crippen molar-refractivity contribution in [3.8, 4) is 0 Å². The Bertz CT molecular complexity index is 713. The normalized spacial score (nSPS) is 10.4. The monoisotopic (exact) mass is 415 g/mol. The number of carbonyl (C=O) groups is 1. The number of benzene rings is 1. The minimum Gasteiger partial charge on any atom is -0.343 e. The van der Waals surface area contributed by atoms with E-state index in [4.69, 9.17) is 0 Å². The van der Waals surface area contributed by atoms with Crippen LogP contribution < -0.4 is 5.32 Å². The average Bonchev–Trinajstić information content (AvgIpc) is 2.79. The van der Waals surface area contributed by atoms with Gasteiger partial charge in [0.05, 0.1) is 9.40 Å². The van der Waals surface area contributed by atoms with Crippen LogP contribution in [0.5, 0.6) is 0 Å². The molecule has 110 valence electrons. The van der Waals surface area contributed by atoms with Crippen LogP contribution in [0.4, 0.5) is 11.4 Å². The first-order chi connectivity index (χ1) is 9.92. The van der Waals surface area contributed by atoms with Gasteiger partial charge in [0.25, 0.3) is 11.6 Å². The molecule has 8 heteroatoms. The highest BCUT2D eigenvalue weighted by Crippen LogP contribution is 2.28. The standard InChI is InChI=1S/C13H11Br2N3O3/c1-2-17-7-8(14)5-12(17)13(19)16-9-3-4-11(18(20)21)10(15)6-9/h3-7H,2H2,1H3,(H,16,19). The summed E-state index contributed by atoms with van der Waals surface area (Å²) in [5, 5.41) is 13.5. The highest BCUT2D eigenvalue weighted by Gasteiger charge is 2.15. The fraction of sp³-hybridized carbons (Fsp3) is 0.154. The van der Waals surface area contributed by atoms with E-state index >= 15 is 0 Å². The van der Waals surface area contributed by atoms with Crippen molar-refractivity contribution >= 4 is 49.1 Å². The second kappa shape index (κ2) is 6.40. The van der Waals surface area contributed by atoms with E-state index in [9.17, 15) is 14.9 Å². The molecule has 1 aromatic heterocycles. The molecular formula is C13H11Br2N3O3. The van der Waals surface area contributed by atoms with Gasteiger partial charge >= 0.3 is 0 Å². The van der Waals surface area contributed by atoms with E-state index in [0.29, 0.717) is 22.4 Å². The number of nitrogens with zero attached hydrogens (tertiary/aromatic N) is 2. The van der Waals surface area contributed by atoms with Crippen LogP contribution in [0.1, 0.15) is 17.4 Å². The molecule has 0 radical (unpaired) electrons. The lowest BCUT2D eigenvalue weighted by molar-refractivity contribution is -0.385. The highest BCUT2D eigenvalue weighted by molar-refractivity contribution is 9.10. The number of anilines is 1. The number of hydrogen-bond acceptors (Lipinski definition) is 3. The molecule has 0 fully saturated rings. The van der Waals surface area contributed by atoms with Crippen molar-refractivity contribution in [2.24, 2.45) is 0 Å². The molecule has 6 nitrogen and oxygen atoms in total. The lowest BCUT2D eigenvalue weighted by atomic mass is 10.2. The van der Waals surface area contributed by atoms with Crippen molar-refractivity contribution in [1.82, 2.24) is 4.57 Å². The van der Waals surface area contributed by atoms with Gasteiger partial charge in [-0.2, -0.15) is 0 Å². The van der Waals surface area contributed by atoms with Crippen LogP contribution >= 0.6 is 31.9 Å². The molecule has 0 atom stereocenters. The number of nitro groups is 1. The maximum absolute atomic E-state index is 12.2. The van der Waals surface area contributed by atoms with Gasteiger partial charge in [-0.05, 0) is 57.0 Å². The van der Waals surface area contributed by atoms with Crippen molar-refractivity contribution in [1.29, 1.82) is 0 Å². The van der Waals surface area contributed by atoms with Crippen LogP contribution in [0.3, 0.4) is 0 Å². The summed E-state index contributed by atoms with van der Waals surface area (Å²) in [6.45, 7) is 2.60. The summed E-state index contributed by atoms with van der Waals surface area (Å²) in [5.74, 6) is -0.275. The second-order valence-corrected chi connectivity index (χ2v) is 5.98. The summed E-state index contributed by atoms with van der Waals surface area (Å²) >= 11 is 6.45. The Morgan fingerprint density at radius 3 is 2.67 bits per heavy atom. The van der Waals surface area contributed by atoms with Gasteiger partial charge in [0.2, 0.25) is 0 Å². The Morgan fingerprint density at radius 1 is 1.38 bits per heavy atom. The molecule has 1 heterocycles. The fourth-order valence-electron chi connectivity index (χ4n) is 1.85. The third kappa shape index (κ3) is 3.51. The largest absolute Gasteiger partial charge is 0.343 e. The lowest BCUT2D eigenvalue weighted by Gasteiger charge is -2.08. The Balaban J connectivity index is 2.23. The van der Waals surface area contributed by atoms with Gasteiger partial charge in [0.1, 0.15) is 5.69 Å². The Labute approximate surface area is 137 Å². The maximum Gasteiger partial charge on any atom is 0.283 e. The number of nitro benzene ring substituents is 1. The van der Waals surface area contributed by atoms with E-state index in [-0.39, 0.29) is 11.6 Å². The molecule has 2 rings (SSSR count). The van der Waals surface area contributed by atoms with Gasteiger partial charge < -0.3 is 9.88 Å². The summed E-state index contributed by atoms with van der Waals surface area (Å²) in [4.78, 5) is 22.5. The Hall–Kier alpha value is -1.67. The number of amides is 1. The minimum atomic E-state index is -0.491. The number of hydrogen-bond donors (Lipinski definition) is 1. The number of aromatic nitrogens is 1. The number of rotatable bonds is 4. The van der Waals surface area contributed by atoms with E-state index in [0.717, 1.165) is 4.47 Å². The summed E-state index contributed by atoms with van der Waals surface area (Å²) in [5.41, 5.74) is 0.948. The Kier molecular flexibility index (Phi) is 4.79. The van der Waals surface area contributed by atoms with Crippen molar-refractivity contribution in [3.05, 3.63) is 55.2 Å². The third-order valence-corrected chi connectivity index (χ3v) is 3.91. The summed E-state index contributed by atoms with van der Waals surface area (Å²) in [6, 6.07) is 6.06. The second-order valence-electron chi connectivity index (χ2n) is 4.21. The first-order valence-corrected chi connectivity index (χ1v) is 7.62. The number of carbonyl (C=O) groups excluding carboxylic acids is 1. The molecule has 21 heavy (non-hydrogen) atoms. The zero-order valence-electron chi connectivity index (χ0n) is 11.0. The molecule has 0 saturated carbocycles. The molecule has 0 aliphatic heterocycles. The molecule has 0 aliphatic rings. The quantitative estimate of drug-likeness (QED) is 0.599. The van der Waals surface area contributed by atoms with E-state index in [1.54, 1.807) is 10.6 Å². The fourth-order valence-corrected chi connectivity index (χ4v) is 2.84. The molecule has 1 amide bonds. The van der Waals surface area contributed by atoms with Gasteiger partial charge in [-0.3, -0.25) is 14.9 Å². The smallest absolute Gasteiger partial charge is 0.283 e. The molecule has 0 unspecified atom stereocenters. The summed E-state index contributed by atoms with van der Waals surface area (Å²) in [6.07, 6.45) is 1.82. The number of aryl methyl sites for hydroxylation is 1. The maximum atomic E-state index is 12.2. The van der Waals surface area contributed by atoms with E-state index < -0.39 is 4.92 Å². The number of halogens is 2. The topological polar surface area (TPSA) is 77.2 Å². The third-order valence-electron chi connectivity index (χ3n) is 2.84. The van der Waals surface area contributed by atoms with Crippen LogP contribution in [0.15, 0.2) is 39.4 Å². The van der Waals surface area contributed by atoms with Gasteiger partial charge in [0, 0.05) is 29.0 Å². The average molecular weight is 417 g/mol. The van der Waals surface area contributed by atoms with E-state index in [1.807, 2.05) is 13.1 Å². The highest BCUT2D eigenvalue weighted by atomic mass is 79.9. The van der Waals surface area contributed by atoms with Crippen molar-refractivity contribution in [3.63, 3.8) is 0 Å². The van der Waals surface area contributed by atoms with Crippen molar-refractivity contribution in [2.45, 2.75) is 13.5 Å². The van der Waals surface area contributed by atoms with Gasteiger partial charge in [-0.25, -0.2) is 0 Å². The molecule has 0 aliphatic carbocycles. The predicted octanol–water partition coefficient (Wildman–Crippen LogP) is 4.19. The Morgan fingerprint density at radius 2 is 2.10 bits per heavy atom. The van der Waals surface area contributed by atoms with E-state index in [1.165, 1.54) is 18.2 Å². The van der Waals surface area contributed by atoms with Crippen molar-refractivity contribution in [2.75, 3.05) is 5.32 Å². The van der Waals surface area contributed by atoms with Crippen LogP contribution in [0.2, 0.25) is 0 Å². The van der Waals surface area contributed by atoms with Crippen LogP contribution in [-0.4, -0.2) is 15.4 Å². The first kappa shape index (κ1) is 15.7. The molecule has 2 aromatic rings. The molecule has 1 aromatic carbocycles. The van der Waals surface area contributed by atoms with Crippen LogP contribution in [0, 0.1) is 10.1 Å². The van der Waals surface area contributed by atoms with Gasteiger partial charge in [-0.15, -0.1) is 0 Å². The zero-order chi connectivity index (χ0) is 15.6. The number of nitrogens with one attached hydrogen (secondary N) is 1. The zero-order valence-corrected chi connectivity index (χ0v) is 14.1. The van der Waals surface area contributed by atoms with Crippen molar-refractivity contribution < 1.29 is 9.72 Å². The minimum absolute atomic E-state index is 0.0484. The van der Waals surface area contributed by atoms with E-state index in [2.05, 4.69) is 37.2 Å². The van der Waals surface area contributed by atoms with Crippen LogP contribution in [0.25, 0.3) is 0 Å². The summed E-state index contributed by atoms with van der Waals surface area (Å²) < 4.78 is 2.94. The summed E-state index contributed by atoms with van der Waals surface area (Å²) in [7, 11) is 0. The predicted molar refractivity (Wildman–Crippen MR) is 86.6 cm³/mol. The molecule has 0 spiro atoms. The SMILES string of the molecule is CCn1cc(Br)cc1C(=O)Nc1ccc([N+](=O)[O-])c(Br)c1.